The third kappa shape index (κ3) is 4.71. The molecule has 0 radical (unpaired) electrons. The van der Waals surface area contributed by atoms with Crippen LogP contribution < -0.4 is 14.8 Å². The van der Waals surface area contributed by atoms with Crippen molar-refractivity contribution in [3.8, 4) is 11.5 Å². The van der Waals surface area contributed by atoms with Crippen molar-refractivity contribution in [3.05, 3.63) is 51.8 Å². The topological polar surface area (TPSA) is 77.1 Å². The second-order valence-electron chi connectivity index (χ2n) is 6.00. The van der Waals surface area contributed by atoms with Crippen molar-refractivity contribution in [2.45, 2.75) is 0 Å². The Morgan fingerprint density at radius 3 is 2.54 bits per heavy atom. The first-order valence-electron chi connectivity index (χ1n) is 8.78. The van der Waals surface area contributed by atoms with Gasteiger partial charge in [-0.2, -0.15) is 0 Å². The first-order chi connectivity index (χ1) is 13.6. The molecule has 0 bridgehead atoms. The quantitative estimate of drug-likeness (QED) is 0.751. The van der Waals surface area contributed by atoms with Gasteiger partial charge in [-0.1, -0.05) is 6.07 Å². The predicted octanol–water partition coefficient (Wildman–Crippen LogP) is 2.40. The van der Waals surface area contributed by atoms with Crippen molar-refractivity contribution in [1.82, 2.24) is 10.2 Å². The molecule has 0 atom stereocenters. The van der Waals surface area contributed by atoms with Crippen LogP contribution >= 0.6 is 11.3 Å². The summed E-state index contributed by atoms with van der Waals surface area (Å²) in [5.74, 6) is 0.340. The molecule has 0 unspecified atom stereocenters. The third-order valence-corrected chi connectivity index (χ3v) is 5.07. The van der Waals surface area contributed by atoms with Gasteiger partial charge in [0.15, 0.2) is 11.5 Å². The minimum Gasteiger partial charge on any atom is -0.493 e. The Bertz CT molecular complexity index is 857. The van der Waals surface area contributed by atoms with Gasteiger partial charge in [0, 0.05) is 23.5 Å². The molecule has 1 aromatic carbocycles. The predicted molar refractivity (Wildman–Crippen MR) is 107 cm³/mol. The second-order valence-corrected chi connectivity index (χ2v) is 6.98. The Balaban J connectivity index is 1.84. The number of ether oxygens (including phenoxy) is 3. The molecule has 1 fully saturated rings. The van der Waals surface area contributed by atoms with Crippen molar-refractivity contribution < 1.29 is 23.8 Å². The minimum atomic E-state index is -0.398. The number of carbonyl (C=O) groups excluding carboxylic acids is 2. The van der Waals surface area contributed by atoms with Crippen LogP contribution in [0.15, 0.2) is 41.4 Å². The summed E-state index contributed by atoms with van der Waals surface area (Å²) in [6.45, 7) is 1.96. The van der Waals surface area contributed by atoms with Crippen LogP contribution in [0.3, 0.4) is 0 Å². The van der Waals surface area contributed by atoms with Crippen LogP contribution in [0.2, 0.25) is 0 Å². The van der Waals surface area contributed by atoms with Crippen LogP contribution in [0.5, 0.6) is 11.5 Å². The number of morpholine rings is 1. The Labute approximate surface area is 167 Å². The van der Waals surface area contributed by atoms with Gasteiger partial charge in [0.25, 0.3) is 11.8 Å². The van der Waals surface area contributed by atoms with Crippen molar-refractivity contribution in [2.24, 2.45) is 0 Å². The number of thiophene rings is 1. The number of nitrogens with zero attached hydrogens (tertiary/aromatic N) is 1. The number of amides is 2. The standard InChI is InChI=1S/C20H22N2O5S/c1-25-17-6-5-14(12-18(17)26-2)19(23)21-16(13-15-4-3-11-28-15)20(24)22-7-9-27-10-8-22/h3-6,11-13H,7-10H2,1-2H3,(H,21,23)/b16-13+. The van der Waals surface area contributed by atoms with Gasteiger partial charge in [-0.3, -0.25) is 9.59 Å². The van der Waals surface area contributed by atoms with Crippen LogP contribution in [-0.2, 0) is 9.53 Å². The van der Waals surface area contributed by atoms with Crippen LogP contribution in [-0.4, -0.2) is 57.2 Å². The zero-order valence-corrected chi connectivity index (χ0v) is 16.6. The smallest absolute Gasteiger partial charge is 0.270 e. The maximum absolute atomic E-state index is 13.0. The van der Waals surface area contributed by atoms with E-state index in [2.05, 4.69) is 5.32 Å². The molecule has 148 valence electrons. The molecule has 0 spiro atoms. The number of nitrogens with one attached hydrogen (secondary N) is 1. The van der Waals surface area contributed by atoms with E-state index in [1.54, 1.807) is 29.2 Å². The lowest BCUT2D eigenvalue weighted by Crippen LogP contribution is -2.44. The first kappa shape index (κ1) is 19.9. The molecule has 7 nitrogen and oxygen atoms in total. The monoisotopic (exact) mass is 402 g/mol. The number of rotatable bonds is 6. The molecule has 2 amide bonds. The van der Waals surface area contributed by atoms with E-state index in [0.717, 1.165) is 4.88 Å². The van der Waals surface area contributed by atoms with Crippen molar-refractivity contribution in [1.29, 1.82) is 0 Å². The summed E-state index contributed by atoms with van der Waals surface area (Å²) in [7, 11) is 3.03. The molecule has 2 aromatic rings. The fourth-order valence-corrected chi connectivity index (χ4v) is 3.43. The molecule has 1 aliphatic heterocycles. The van der Waals surface area contributed by atoms with Gasteiger partial charge in [-0.05, 0) is 35.7 Å². The van der Waals surface area contributed by atoms with Gasteiger partial charge in [0.1, 0.15) is 5.70 Å². The lowest BCUT2D eigenvalue weighted by molar-refractivity contribution is -0.131. The fraction of sp³-hybridized carbons (Fsp3) is 0.300. The zero-order chi connectivity index (χ0) is 19.9. The maximum atomic E-state index is 13.0. The summed E-state index contributed by atoms with van der Waals surface area (Å²) in [6.07, 6.45) is 1.70. The normalized spacial score (nSPS) is 14.5. The molecule has 1 saturated heterocycles. The van der Waals surface area contributed by atoms with E-state index in [4.69, 9.17) is 14.2 Å². The van der Waals surface area contributed by atoms with E-state index in [0.29, 0.717) is 43.4 Å². The molecule has 8 heteroatoms. The van der Waals surface area contributed by atoms with Gasteiger partial charge < -0.3 is 24.4 Å². The van der Waals surface area contributed by atoms with Crippen LogP contribution in [0.4, 0.5) is 0 Å². The molecule has 28 heavy (non-hydrogen) atoms. The Morgan fingerprint density at radius 1 is 1.14 bits per heavy atom. The highest BCUT2D eigenvalue weighted by Crippen LogP contribution is 2.27. The highest BCUT2D eigenvalue weighted by molar-refractivity contribution is 7.10. The number of benzene rings is 1. The summed E-state index contributed by atoms with van der Waals surface area (Å²) >= 11 is 1.49. The summed E-state index contributed by atoms with van der Waals surface area (Å²) in [4.78, 5) is 28.3. The first-order valence-corrected chi connectivity index (χ1v) is 9.66. The summed E-state index contributed by atoms with van der Waals surface area (Å²) in [6, 6.07) is 8.64. The average Bonchev–Trinajstić information content (AvgIpc) is 3.25. The Kier molecular flexibility index (Phi) is 6.67. The molecular formula is C20H22N2O5S. The number of methoxy groups -OCH3 is 2. The van der Waals surface area contributed by atoms with E-state index in [1.165, 1.54) is 25.6 Å². The van der Waals surface area contributed by atoms with Crippen LogP contribution in [0.25, 0.3) is 6.08 Å². The molecule has 0 aliphatic carbocycles. The van der Waals surface area contributed by atoms with E-state index >= 15 is 0 Å². The Morgan fingerprint density at radius 2 is 1.89 bits per heavy atom. The van der Waals surface area contributed by atoms with E-state index in [-0.39, 0.29) is 11.6 Å². The Hall–Kier alpha value is -2.84. The molecule has 1 aromatic heterocycles. The lowest BCUT2D eigenvalue weighted by Gasteiger charge is -2.27. The van der Waals surface area contributed by atoms with Gasteiger partial charge in [-0.25, -0.2) is 0 Å². The molecule has 0 saturated carbocycles. The summed E-state index contributed by atoms with van der Waals surface area (Å²) < 4.78 is 15.8. The molecule has 3 rings (SSSR count). The fourth-order valence-electron chi connectivity index (χ4n) is 2.78. The second kappa shape index (κ2) is 9.38. The van der Waals surface area contributed by atoms with Gasteiger partial charge in [0.2, 0.25) is 0 Å². The molecule has 2 heterocycles. The number of hydrogen-bond donors (Lipinski definition) is 1. The zero-order valence-electron chi connectivity index (χ0n) is 15.8. The summed E-state index contributed by atoms with van der Waals surface area (Å²) in [5.41, 5.74) is 0.591. The van der Waals surface area contributed by atoms with Crippen molar-refractivity contribution >= 4 is 29.2 Å². The van der Waals surface area contributed by atoms with E-state index in [1.807, 2.05) is 17.5 Å². The van der Waals surface area contributed by atoms with E-state index < -0.39 is 5.91 Å². The summed E-state index contributed by atoms with van der Waals surface area (Å²) in [5, 5.41) is 4.67. The molecular weight excluding hydrogens is 380 g/mol. The van der Waals surface area contributed by atoms with Crippen LogP contribution in [0, 0.1) is 0 Å². The third-order valence-electron chi connectivity index (χ3n) is 4.25. The van der Waals surface area contributed by atoms with Crippen molar-refractivity contribution in [3.63, 3.8) is 0 Å². The maximum Gasteiger partial charge on any atom is 0.270 e. The van der Waals surface area contributed by atoms with Crippen molar-refractivity contribution in [2.75, 3.05) is 40.5 Å². The van der Waals surface area contributed by atoms with Gasteiger partial charge >= 0.3 is 0 Å². The lowest BCUT2D eigenvalue weighted by atomic mass is 10.1. The largest absolute Gasteiger partial charge is 0.493 e. The van der Waals surface area contributed by atoms with Gasteiger partial charge in [0.05, 0.1) is 27.4 Å². The highest BCUT2D eigenvalue weighted by Gasteiger charge is 2.23. The number of carbonyl (C=O) groups is 2. The van der Waals surface area contributed by atoms with Gasteiger partial charge in [-0.15, -0.1) is 11.3 Å². The molecule has 1 aliphatic rings. The minimum absolute atomic E-state index is 0.226. The number of hydrogen-bond acceptors (Lipinski definition) is 6. The van der Waals surface area contributed by atoms with E-state index in [9.17, 15) is 9.59 Å². The van der Waals surface area contributed by atoms with Crippen LogP contribution in [0.1, 0.15) is 15.2 Å². The highest BCUT2D eigenvalue weighted by atomic mass is 32.1. The molecule has 1 N–H and O–H groups in total. The SMILES string of the molecule is COc1ccc(C(=O)N/C(=C/c2cccs2)C(=O)N2CCOCC2)cc1OC. The average molecular weight is 402 g/mol.